The molecule has 5 nitrogen and oxygen atoms in total. The average Bonchev–Trinajstić information content (AvgIpc) is 3.06. The fourth-order valence-electron chi connectivity index (χ4n) is 2.28. The van der Waals surface area contributed by atoms with Crippen LogP contribution in [0.15, 0.2) is 45.5 Å². The highest BCUT2D eigenvalue weighted by atomic mass is 32.2. The maximum atomic E-state index is 12.5. The number of H-pyrrole nitrogens is 1. The molecule has 0 saturated heterocycles. The Labute approximate surface area is 146 Å². The maximum Gasteiger partial charge on any atom is 0.261 e. The number of hydrogen-bond donors (Lipinski definition) is 1. The molecular formula is C17H14N2O3S2. The molecule has 0 amide bonds. The van der Waals surface area contributed by atoms with Crippen LogP contribution in [-0.4, -0.2) is 29.1 Å². The molecule has 0 aliphatic carbocycles. The predicted octanol–water partition coefficient (Wildman–Crippen LogP) is 3.61. The van der Waals surface area contributed by atoms with Crippen LogP contribution in [0.4, 0.5) is 0 Å². The van der Waals surface area contributed by atoms with Gasteiger partial charge in [0.15, 0.2) is 5.78 Å². The Kier molecular flexibility index (Phi) is 4.82. The first-order valence-electron chi connectivity index (χ1n) is 7.04. The third-order valence-electron chi connectivity index (χ3n) is 3.44. The second-order valence-corrected chi connectivity index (χ2v) is 6.58. The Balaban J connectivity index is 1.97. The Bertz CT molecular complexity index is 972. The molecule has 3 rings (SSSR count). The van der Waals surface area contributed by atoms with E-state index in [0.29, 0.717) is 16.3 Å². The SMILES string of the molecule is COc1ccc(C=CC(=O)c2c(SC)c3ccsc3[nH]c2=O)nc1. The number of nitrogens with one attached hydrogen (secondary N) is 1. The Morgan fingerprint density at radius 2 is 2.21 bits per heavy atom. The molecule has 3 heterocycles. The number of nitrogens with zero attached hydrogens (tertiary/aromatic N) is 1. The third kappa shape index (κ3) is 3.13. The fraction of sp³-hybridized carbons (Fsp3) is 0.118. The molecule has 3 aromatic rings. The standard InChI is InChI=1S/C17H14N2O3S2/c1-22-11-5-3-10(18-9-11)4-6-13(20)14-15(23-2)12-7-8-24-17(12)19-16(14)21/h3-9H,1-2H3,(H,19,21). The summed E-state index contributed by atoms with van der Waals surface area (Å²) in [7, 11) is 1.56. The summed E-state index contributed by atoms with van der Waals surface area (Å²) in [6, 6.07) is 5.41. The monoisotopic (exact) mass is 358 g/mol. The molecule has 7 heteroatoms. The molecule has 3 aromatic heterocycles. The van der Waals surface area contributed by atoms with Crippen LogP contribution in [0.1, 0.15) is 16.1 Å². The number of hydrogen-bond acceptors (Lipinski definition) is 6. The van der Waals surface area contributed by atoms with Gasteiger partial charge < -0.3 is 9.72 Å². The molecule has 0 fully saturated rings. The number of allylic oxidation sites excluding steroid dienone is 1. The van der Waals surface area contributed by atoms with Crippen molar-refractivity contribution in [2.24, 2.45) is 0 Å². The number of aromatic nitrogens is 2. The van der Waals surface area contributed by atoms with Crippen molar-refractivity contribution >= 4 is 45.2 Å². The molecule has 24 heavy (non-hydrogen) atoms. The zero-order chi connectivity index (χ0) is 17.1. The molecule has 0 aliphatic heterocycles. The zero-order valence-corrected chi connectivity index (χ0v) is 14.7. The number of carbonyl (C=O) groups excluding carboxylic acids is 1. The van der Waals surface area contributed by atoms with Crippen LogP contribution in [0.3, 0.4) is 0 Å². The number of rotatable bonds is 5. The van der Waals surface area contributed by atoms with Crippen molar-refractivity contribution in [3.8, 4) is 5.75 Å². The summed E-state index contributed by atoms with van der Waals surface area (Å²) in [5.41, 5.74) is 0.410. The van der Waals surface area contributed by atoms with E-state index in [-0.39, 0.29) is 16.9 Å². The summed E-state index contributed by atoms with van der Waals surface area (Å²) in [4.78, 5) is 33.3. The molecular weight excluding hydrogens is 344 g/mol. The van der Waals surface area contributed by atoms with Gasteiger partial charge in [0, 0.05) is 10.3 Å². The first-order chi connectivity index (χ1) is 11.6. The number of ether oxygens (including phenoxy) is 1. The molecule has 0 aromatic carbocycles. The lowest BCUT2D eigenvalue weighted by molar-refractivity contribution is 0.104. The lowest BCUT2D eigenvalue weighted by Gasteiger charge is -2.05. The largest absolute Gasteiger partial charge is 0.495 e. The van der Waals surface area contributed by atoms with Gasteiger partial charge in [-0.25, -0.2) is 0 Å². The van der Waals surface area contributed by atoms with E-state index in [4.69, 9.17) is 4.74 Å². The highest BCUT2D eigenvalue weighted by Crippen LogP contribution is 2.30. The van der Waals surface area contributed by atoms with Crippen LogP contribution < -0.4 is 10.3 Å². The minimum absolute atomic E-state index is 0.165. The van der Waals surface area contributed by atoms with Gasteiger partial charge in [-0.2, -0.15) is 0 Å². The van der Waals surface area contributed by atoms with E-state index >= 15 is 0 Å². The van der Waals surface area contributed by atoms with E-state index < -0.39 is 0 Å². The Hall–Kier alpha value is -2.38. The first kappa shape index (κ1) is 16.5. The number of fused-ring (bicyclic) bond motifs is 1. The first-order valence-corrected chi connectivity index (χ1v) is 9.14. The van der Waals surface area contributed by atoms with Crippen molar-refractivity contribution in [2.75, 3.05) is 13.4 Å². The summed E-state index contributed by atoms with van der Waals surface area (Å²) < 4.78 is 5.04. The molecule has 0 bridgehead atoms. The average molecular weight is 358 g/mol. The molecule has 0 atom stereocenters. The number of methoxy groups -OCH3 is 1. The van der Waals surface area contributed by atoms with Crippen molar-refractivity contribution < 1.29 is 9.53 Å². The van der Waals surface area contributed by atoms with E-state index in [1.165, 1.54) is 29.2 Å². The van der Waals surface area contributed by atoms with Crippen molar-refractivity contribution in [1.29, 1.82) is 0 Å². The fourth-order valence-corrected chi connectivity index (χ4v) is 3.92. The van der Waals surface area contributed by atoms with Crippen LogP contribution in [0.5, 0.6) is 5.75 Å². The van der Waals surface area contributed by atoms with Crippen molar-refractivity contribution in [1.82, 2.24) is 9.97 Å². The second-order valence-electron chi connectivity index (χ2n) is 4.85. The lowest BCUT2D eigenvalue weighted by atomic mass is 10.1. The van der Waals surface area contributed by atoms with Gasteiger partial charge in [0.05, 0.1) is 19.0 Å². The van der Waals surface area contributed by atoms with E-state index in [1.807, 2.05) is 17.7 Å². The Morgan fingerprint density at radius 3 is 2.88 bits per heavy atom. The minimum atomic E-state index is -0.369. The van der Waals surface area contributed by atoms with E-state index in [1.54, 1.807) is 31.5 Å². The van der Waals surface area contributed by atoms with Gasteiger partial charge in [0.2, 0.25) is 0 Å². The minimum Gasteiger partial charge on any atom is -0.495 e. The van der Waals surface area contributed by atoms with Gasteiger partial charge in [-0.1, -0.05) is 0 Å². The summed E-state index contributed by atoms with van der Waals surface area (Å²) in [5, 5.41) is 2.79. The van der Waals surface area contributed by atoms with Crippen molar-refractivity contribution in [3.63, 3.8) is 0 Å². The van der Waals surface area contributed by atoms with E-state index in [0.717, 1.165) is 10.2 Å². The quantitative estimate of drug-likeness (QED) is 0.428. The van der Waals surface area contributed by atoms with Crippen LogP contribution in [0, 0.1) is 0 Å². The van der Waals surface area contributed by atoms with Gasteiger partial charge >= 0.3 is 0 Å². The molecule has 0 aliphatic rings. The van der Waals surface area contributed by atoms with Gasteiger partial charge in [0.1, 0.15) is 16.1 Å². The Morgan fingerprint density at radius 1 is 1.38 bits per heavy atom. The molecule has 0 unspecified atom stereocenters. The lowest BCUT2D eigenvalue weighted by Crippen LogP contribution is -2.17. The highest BCUT2D eigenvalue weighted by Gasteiger charge is 2.17. The summed E-state index contributed by atoms with van der Waals surface area (Å²) in [6.07, 6.45) is 6.39. The van der Waals surface area contributed by atoms with Crippen LogP contribution in [0.25, 0.3) is 16.3 Å². The molecule has 0 radical (unpaired) electrons. The molecule has 122 valence electrons. The van der Waals surface area contributed by atoms with Crippen LogP contribution in [0.2, 0.25) is 0 Å². The summed E-state index contributed by atoms with van der Waals surface area (Å²) in [5.74, 6) is 0.300. The predicted molar refractivity (Wildman–Crippen MR) is 98.4 cm³/mol. The van der Waals surface area contributed by atoms with Gasteiger partial charge in [-0.05, 0) is 42.0 Å². The third-order valence-corrected chi connectivity index (χ3v) is 5.10. The van der Waals surface area contributed by atoms with Crippen molar-refractivity contribution in [3.05, 3.63) is 57.5 Å². The number of ketones is 1. The van der Waals surface area contributed by atoms with Gasteiger partial charge in [-0.3, -0.25) is 14.6 Å². The number of thioether (sulfide) groups is 1. The zero-order valence-electron chi connectivity index (χ0n) is 13.0. The molecule has 0 saturated carbocycles. The number of thiophene rings is 1. The van der Waals surface area contributed by atoms with Gasteiger partial charge in [0.25, 0.3) is 5.56 Å². The van der Waals surface area contributed by atoms with Crippen molar-refractivity contribution in [2.45, 2.75) is 4.90 Å². The van der Waals surface area contributed by atoms with Crippen LogP contribution >= 0.6 is 23.1 Å². The summed E-state index contributed by atoms with van der Waals surface area (Å²) in [6.45, 7) is 0. The van der Waals surface area contributed by atoms with Crippen LogP contribution in [-0.2, 0) is 0 Å². The smallest absolute Gasteiger partial charge is 0.261 e. The number of carbonyl (C=O) groups is 1. The number of pyridine rings is 2. The number of aromatic amines is 1. The highest BCUT2D eigenvalue weighted by molar-refractivity contribution is 7.99. The van der Waals surface area contributed by atoms with E-state index in [9.17, 15) is 9.59 Å². The summed E-state index contributed by atoms with van der Waals surface area (Å²) >= 11 is 2.84. The van der Waals surface area contributed by atoms with E-state index in [2.05, 4.69) is 9.97 Å². The topological polar surface area (TPSA) is 72.1 Å². The van der Waals surface area contributed by atoms with Gasteiger partial charge in [-0.15, -0.1) is 23.1 Å². The molecule has 0 spiro atoms. The maximum absolute atomic E-state index is 12.5. The second kappa shape index (κ2) is 7.02. The molecule has 1 N–H and O–H groups in total. The normalized spacial score (nSPS) is 11.2.